The summed E-state index contributed by atoms with van der Waals surface area (Å²) in [4.78, 5) is 10.4. The number of aromatic nitrogens is 3. The Morgan fingerprint density at radius 2 is 1.25 bits per heavy atom. The van der Waals surface area contributed by atoms with Crippen molar-refractivity contribution < 1.29 is 26.2 Å². The van der Waals surface area contributed by atoms with E-state index >= 15 is 0 Å². The molecule has 4 nitrogen and oxygen atoms in total. The summed E-state index contributed by atoms with van der Waals surface area (Å²) < 4.78 is 2.15. The molecular formula is C54H42N3OPt-. The fourth-order valence-electron chi connectivity index (χ4n) is 8.93. The third-order valence-electron chi connectivity index (χ3n) is 12.2. The van der Waals surface area contributed by atoms with Crippen LogP contribution in [0.3, 0.4) is 0 Å². The Balaban J connectivity index is 0.00000449. The average Bonchev–Trinajstić information content (AvgIpc) is 3.77. The molecule has 0 unspecified atom stereocenters. The Bertz CT molecular complexity index is 3000. The van der Waals surface area contributed by atoms with Crippen molar-refractivity contribution in [3.05, 3.63) is 204 Å². The maximum absolute atomic E-state index is 11.1. The molecule has 0 spiro atoms. The van der Waals surface area contributed by atoms with Gasteiger partial charge in [0.1, 0.15) is 11.6 Å². The monoisotopic (exact) mass is 943 g/mol. The van der Waals surface area contributed by atoms with Gasteiger partial charge in [-0.15, -0.1) is 17.7 Å². The number of hydrogen-bond donors (Lipinski definition) is 1. The first-order valence-corrected chi connectivity index (χ1v) is 19.9. The van der Waals surface area contributed by atoms with Gasteiger partial charge in [0.15, 0.2) is 0 Å². The number of nitrogens with zero attached hydrogens (tertiary/aromatic N) is 3. The van der Waals surface area contributed by atoms with Crippen molar-refractivity contribution in [2.24, 2.45) is 0 Å². The molecule has 1 aliphatic carbocycles. The minimum absolute atomic E-state index is 0. The molecule has 1 N–H and O–H groups in total. The van der Waals surface area contributed by atoms with E-state index in [1.165, 1.54) is 33.4 Å². The van der Waals surface area contributed by atoms with Crippen molar-refractivity contribution in [1.82, 2.24) is 14.5 Å². The van der Waals surface area contributed by atoms with Crippen molar-refractivity contribution >= 4 is 11.0 Å². The van der Waals surface area contributed by atoms with Gasteiger partial charge in [-0.1, -0.05) is 177 Å². The fraction of sp³-hybridized carbons (Fsp3) is 0.111. The van der Waals surface area contributed by atoms with Crippen LogP contribution in [0.25, 0.3) is 72.7 Å². The first-order valence-electron chi connectivity index (χ1n) is 19.9. The molecule has 1 aliphatic rings. The van der Waals surface area contributed by atoms with Crippen molar-refractivity contribution in [1.29, 1.82) is 0 Å². The Kier molecular flexibility index (Phi) is 9.57. The van der Waals surface area contributed by atoms with E-state index in [0.717, 1.165) is 50.2 Å². The van der Waals surface area contributed by atoms with Gasteiger partial charge >= 0.3 is 0 Å². The third kappa shape index (κ3) is 6.35. The zero-order valence-corrected chi connectivity index (χ0v) is 35.6. The summed E-state index contributed by atoms with van der Waals surface area (Å²) in [5, 5.41) is 11.1. The van der Waals surface area contributed by atoms with Crippen LogP contribution < -0.4 is 0 Å². The van der Waals surface area contributed by atoms with Crippen molar-refractivity contribution in [3.8, 4) is 67.5 Å². The van der Waals surface area contributed by atoms with Gasteiger partial charge in [0.2, 0.25) is 0 Å². The summed E-state index contributed by atoms with van der Waals surface area (Å²) in [6, 6.07) is 62.9. The van der Waals surface area contributed by atoms with Crippen LogP contribution in [-0.2, 0) is 31.9 Å². The molecule has 0 atom stereocenters. The molecule has 0 fully saturated rings. The van der Waals surface area contributed by atoms with E-state index in [0.29, 0.717) is 11.4 Å². The normalized spacial score (nSPS) is 12.8. The van der Waals surface area contributed by atoms with Crippen LogP contribution in [0.5, 0.6) is 5.75 Å². The van der Waals surface area contributed by atoms with Crippen LogP contribution in [0, 0.1) is 6.07 Å². The third-order valence-corrected chi connectivity index (χ3v) is 12.2. The summed E-state index contributed by atoms with van der Waals surface area (Å²) >= 11 is 0. The van der Waals surface area contributed by atoms with Crippen LogP contribution in [0.15, 0.2) is 176 Å². The van der Waals surface area contributed by atoms with Crippen molar-refractivity contribution in [2.75, 3.05) is 0 Å². The maximum Gasteiger partial charge on any atom is 0.148 e. The second-order valence-electron chi connectivity index (χ2n) is 16.3. The molecule has 0 bridgehead atoms. The smallest absolute Gasteiger partial charge is 0.148 e. The Hall–Kier alpha value is -6.35. The molecule has 0 radical (unpaired) electrons. The minimum atomic E-state index is -0.262. The Morgan fingerprint density at radius 3 is 2.00 bits per heavy atom. The molecule has 0 saturated carbocycles. The van der Waals surface area contributed by atoms with Gasteiger partial charge in [-0.25, -0.2) is 4.98 Å². The van der Waals surface area contributed by atoms with Gasteiger partial charge < -0.3 is 5.11 Å². The van der Waals surface area contributed by atoms with Crippen molar-refractivity contribution in [2.45, 2.75) is 38.5 Å². The first kappa shape index (κ1) is 38.2. The first-order chi connectivity index (χ1) is 28.2. The quantitative estimate of drug-likeness (QED) is 0.162. The van der Waals surface area contributed by atoms with Gasteiger partial charge in [-0.05, 0) is 69.8 Å². The molecule has 0 aliphatic heterocycles. The van der Waals surface area contributed by atoms with Crippen LogP contribution in [0.1, 0.15) is 49.9 Å². The predicted octanol–water partition coefficient (Wildman–Crippen LogP) is 13.2. The van der Waals surface area contributed by atoms with E-state index in [1.54, 1.807) is 6.07 Å². The number of hydrogen-bond acceptors (Lipinski definition) is 3. The summed E-state index contributed by atoms with van der Waals surface area (Å²) in [6.07, 6.45) is 1.91. The molecule has 0 amide bonds. The van der Waals surface area contributed by atoms with Crippen LogP contribution >= 0.6 is 0 Å². The second-order valence-corrected chi connectivity index (χ2v) is 16.3. The summed E-state index contributed by atoms with van der Waals surface area (Å²) in [5.41, 5.74) is 16.5. The van der Waals surface area contributed by atoms with E-state index in [2.05, 4.69) is 166 Å². The number of aromatic hydroxyl groups is 1. The van der Waals surface area contributed by atoms with E-state index in [4.69, 9.17) is 9.97 Å². The predicted molar refractivity (Wildman–Crippen MR) is 237 cm³/mol. The molecule has 2 heterocycles. The number of imidazole rings is 1. The van der Waals surface area contributed by atoms with E-state index in [1.807, 2.05) is 42.6 Å². The summed E-state index contributed by atoms with van der Waals surface area (Å²) in [5.74, 6) is 0.856. The number of rotatable bonds is 7. The van der Waals surface area contributed by atoms with Crippen molar-refractivity contribution in [3.63, 3.8) is 0 Å². The standard InChI is InChI=1S/C54H42N3O.Pt/c1-53(2,38-16-7-5-8-17-38)39-28-26-35(27-29-39)36-30-31-55-47(34-36)37-32-44(50-42-20-11-13-23-45(42)54(3,4)46(50)33-37)41-22-15-24-48-51(41)56-52(43-21-12-14-25-49(43)58)57(48)40-18-9-6-10-19-40;/h5-31,33-34,58H,1-4H3;/q-1;. The van der Waals surface area contributed by atoms with E-state index < -0.39 is 0 Å². The van der Waals surface area contributed by atoms with E-state index in [-0.39, 0.29) is 37.6 Å². The SMILES string of the molecule is CC(C)(c1ccccc1)c1ccc(-c2ccnc(-c3[c-]c(-c4cccc5c4nc(-c4ccccc4O)n5-c4ccccc4)c4c(c3)C(C)(C)c3ccccc3-4)c2)cc1.[Pt]. The molecule has 5 heteroatoms. The minimum Gasteiger partial charge on any atom is -0.507 e. The van der Waals surface area contributed by atoms with Gasteiger partial charge in [0, 0.05) is 49.5 Å². The number of benzene rings is 7. The fourth-order valence-corrected chi connectivity index (χ4v) is 8.93. The molecule has 0 saturated heterocycles. The largest absolute Gasteiger partial charge is 0.507 e. The number of phenols is 1. The number of fused-ring (bicyclic) bond motifs is 4. The van der Waals surface area contributed by atoms with Crippen LogP contribution in [-0.4, -0.2) is 19.6 Å². The van der Waals surface area contributed by atoms with Crippen LogP contribution in [0.2, 0.25) is 0 Å². The molecule has 7 aromatic carbocycles. The number of para-hydroxylation sites is 3. The number of pyridine rings is 1. The molecular weight excluding hydrogens is 902 g/mol. The molecule has 9 aromatic rings. The van der Waals surface area contributed by atoms with E-state index in [9.17, 15) is 5.11 Å². The zero-order chi connectivity index (χ0) is 39.6. The van der Waals surface area contributed by atoms with Gasteiger partial charge in [-0.3, -0.25) is 9.55 Å². The average molecular weight is 944 g/mol. The Morgan fingerprint density at radius 1 is 0.610 bits per heavy atom. The molecule has 10 rings (SSSR count). The van der Waals surface area contributed by atoms with Gasteiger partial charge in [-0.2, -0.15) is 0 Å². The topological polar surface area (TPSA) is 50.9 Å². The number of phenolic OH excluding ortho intramolecular Hbond substituents is 1. The molecule has 2 aromatic heterocycles. The maximum atomic E-state index is 11.1. The molecule has 59 heavy (non-hydrogen) atoms. The second kappa shape index (κ2) is 14.8. The van der Waals surface area contributed by atoms with Crippen LogP contribution in [0.4, 0.5) is 0 Å². The summed E-state index contributed by atoms with van der Waals surface area (Å²) in [7, 11) is 0. The molecule has 290 valence electrons. The summed E-state index contributed by atoms with van der Waals surface area (Å²) in [6.45, 7) is 9.19. The van der Waals surface area contributed by atoms with Gasteiger partial charge in [0.05, 0.1) is 16.6 Å². The zero-order valence-electron chi connectivity index (χ0n) is 33.3. The van der Waals surface area contributed by atoms with Gasteiger partial charge in [0.25, 0.3) is 0 Å². The Labute approximate surface area is 360 Å².